The molecule has 6 heteroatoms. The maximum Gasteiger partial charge on any atom is 0.304 e. The number of halogens is 1. The molecule has 0 atom stereocenters. The number of hydrogen-bond acceptors (Lipinski definition) is 3. The molecule has 0 bridgehead atoms. The van der Waals surface area contributed by atoms with E-state index in [0.29, 0.717) is 18.8 Å². The zero-order valence-electron chi connectivity index (χ0n) is 11.2. The summed E-state index contributed by atoms with van der Waals surface area (Å²) in [4.78, 5) is 12.4. The predicted octanol–water partition coefficient (Wildman–Crippen LogP) is 1.92. The summed E-state index contributed by atoms with van der Waals surface area (Å²) in [6, 6.07) is 8.03. The molecule has 106 valence electrons. The van der Waals surface area contributed by atoms with Crippen LogP contribution in [0.3, 0.4) is 0 Å². The lowest BCUT2D eigenvalue weighted by atomic mass is 10.3. The number of aromatic nitrogens is 2. The van der Waals surface area contributed by atoms with Crippen molar-refractivity contribution in [1.29, 1.82) is 0 Å². The summed E-state index contributed by atoms with van der Waals surface area (Å²) in [5.41, 5.74) is 1.46. The highest BCUT2D eigenvalue weighted by molar-refractivity contribution is 5.66. The van der Waals surface area contributed by atoms with Crippen LogP contribution >= 0.6 is 0 Å². The van der Waals surface area contributed by atoms with Crippen LogP contribution in [-0.2, 0) is 11.3 Å². The highest BCUT2D eigenvalue weighted by Gasteiger charge is 2.07. The lowest BCUT2D eigenvalue weighted by molar-refractivity contribution is -0.137. The number of carboxylic acids is 1. The van der Waals surface area contributed by atoms with Crippen molar-refractivity contribution in [3.05, 3.63) is 48.0 Å². The van der Waals surface area contributed by atoms with E-state index in [0.717, 1.165) is 5.69 Å². The van der Waals surface area contributed by atoms with Gasteiger partial charge in [-0.3, -0.25) is 9.69 Å². The SMILES string of the molecule is CN(CCC(=O)O)Cc1ccn(-c2cccc(F)c2)n1. The summed E-state index contributed by atoms with van der Waals surface area (Å²) in [6.45, 7) is 1.01. The van der Waals surface area contributed by atoms with Crippen molar-refractivity contribution in [2.75, 3.05) is 13.6 Å². The fourth-order valence-corrected chi connectivity index (χ4v) is 1.85. The van der Waals surface area contributed by atoms with Gasteiger partial charge in [-0.05, 0) is 31.3 Å². The maximum atomic E-state index is 13.1. The Morgan fingerprint density at radius 1 is 1.45 bits per heavy atom. The van der Waals surface area contributed by atoms with Crippen molar-refractivity contribution in [2.24, 2.45) is 0 Å². The van der Waals surface area contributed by atoms with Gasteiger partial charge in [0.25, 0.3) is 0 Å². The van der Waals surface area contributed by atoms with Crippen LogP contribution in [0.1, 0.15) is 12.1 Å². The van der Waals surface area contributed by atoms with E-state index in [1.807, 2.05) is 18.0 Å². The first-order valence-electron chi connectivity index (χ1n) is 6.25. The predicted molar refractivity (Wildman–Crippen MR) is 72.1 cm³/mol. The molecule has 20 heavy (non-hydrogen) atoms. The summed E-state index contributed by atoms with van der Waals surface area (Å²) in [5.74, 6) is -1.12. The summed E-state index contributed by atoms with van der Waals surface area (Å²) in [7, 11) is 1.84. The number of rotatable bonds is 6. The minimum atomic E-state index is -0.817. The molecule has 1 heterocycles. The zero-order valence-corrected chi connectivity index (χ0v) is 11.2. The quantitative estimate of drug-likeness (QED) is 0.876. The Morgan fingerprint density at radius 3 is 2.95 bits per heavy atom. The summed E-state index contributed by atoms with van der Waals surface area (Å²) in [5, 5.41) is 13.0. The third kappa shape index (κ3) is 3.89. The molecule has 0 aliphatic heterocycles. The minimum absolute atomic E-state index is 0.0983. The monoisotopic (exact) mass is 277 g/mol. The van der Waals surface area contributed by atoms with Crippen LogP contribution in [0, 0.1) is 5.82 Å². The third-order valence-corrected chi connectivity index (χ3v) is 2.86. The lowest BCUT2D eigenvalue weighted by Crippen LogP contribution is -2.21. The van der Waals surface area contributed by atoms with E-state index in [1.165, 1.54) is 12.1 Å². The topological polar surface area (TPSA) is 58.4 Å². The number of hydrogen-bond donors (Lipinski definition) is 1. The molecule has 1 aromatic carbocycles. The standard InChI is InChI=1S/C14H16FN3O2/c1-17(7-6-14(19)20)10-12-5-8-18(16-12)13-4-2-3-11(15)9-13/h2-5,8-9H,6-7,10H2,1H3,(H,19,20). The van der Waals surface area contributed by atoms with E-state index in [1.54, 1.807) is 23.0 Å². The Kier molecular flexibility index (Phi) is 4.47. The fraction of sp³-hybridized carbons (Fsp3) is 0.286. The summed E-state index contributed by atoms with van der Waals surface area (Å²) < 4.78 is 14.7. The van der Waals surface area contributed by atoms with Crippen molar-refractivity contribution < 1.29 is 14.3 Å². The van der Waals surface area contributed by atoms with Gasteiger partial charge in [-0.1, -0.05) is 6.07 Å². The van der Waals surface area contributed by atoms with Gasteiger partial charge in [-0.15, -0.1) is 0 Å². The molecule has 2 rings (SSSR count). The molecule has 1 N–H and O–H groups in total. The Hall–Kier alpha value is -2.21. The van der Waals surface area contributed by atoms with Crippen LogP contribution in [0.25, 0.3) is 5.69 Å². The van der Waals surface area contributed by atoms with Gasteiger partial charge in [0.2, 0.25) is 0 Å². The normalized spacial score (nSPS) is 10.9. The van der Waals surface area contributed by atoms with E-state index in [2.05, 4.69) is 5.10 Å². The molecule has 0 saturated carbocycles. The lowest BCUT2D eigenvalue weighted by Gasteiger charge is -2.13. The van der Waals surface area contributed by atoms with Crippen molar-refractivity contribution in [2.45, 2.75) is 13.0 Å². The maximum absolute atomic E-state index is 13.1. The van der Waals surface area contributed by atoms with E-state index in [4.69, 9.17) is 5.11 Å². The van der Waals surface area contributed by atoms with Gasteiger partial charge >= 0.3 is 5.97 Å². The second-order valence-corrected chi connectivity index (χ2v) is 4.61. The molecule has 0 saturated heterocycles. The molecule has 0 aliphatic rings. The Labute approximate surface area is 116 Å². The third-order valence-electron chi connectivity index (χ3n) is 2.86. The van der Waals surface area contributed by atoms with Crippen molar-refractivity contribution in [3.63, 3.8) is 0 Å². The molecule has 0 amide bonds. The molecule has 2 aromatic rings. The molecule has 1 aromatic heterocycles. The second kappa shape index (κ2) is 6.29. The highest BCUT2D eigenvalue weighted by atomic mass is 19.1. The largest absolute Gasteiger partial charge is 0.481 e. The number of carbonyl (C=O) groups is 1. The number of aliphatic carboxylic acids is 1. The van der Waals surface area contributed by atoms with Gasteiger partial charge in [0.05, 0.1) is 17.8 Å². The van der Waals surface area contributed by atoms with Gasteiger partial charge in [-0.2, -0.15) is 5.10 Å². The van der Waals surface area contributed by atoms with Gasteiger partial charge in [0, 0.05) is 19.3 Å². The Bertz CT molecular complexity index is 598. The number of benzene rings is 1. The van der Waals surface area contributed by atoms with E-state index in [-0.39, 0.29) is 12.2 Å². The van der Waals surface area contributed by atoms with Gasteiger partial charge in [-0.25, -0.2) is 9.07 Å². The molecule has 0 unspecified atom stereocenters. The first kappa shape index (κ1) is 14.2. The molecule has 0 spiro atoms. The smallest absolute Gasteiger partial charge is 0.304 e. The molecule has 0 aliphatic carbocycles. The summed E-state index contributed by atoms with van der Waals surface area (Å²) in [6.07, 6.45) is 1.86. The second-order valence-electron chi connectivity index (χ2n) is 4.61. The van der Waals surface area contributed by atoms with Crippen LogP contribution in [0.5, 0.6) is 0 Å². The average Bonchev–Trinajstić information content (AvgIpc) is 2.85. The van der Waals surface area contributed by atoms with Crippen LogP contribution in [0.4, 0.5) is 4.39 Å². The van der Waals surface area contributed by atoms with Crippen LogP contribution in [0.15, 0.2) is 36.5 Å². The average molecular weight is 277 g/mol. The number of nitrogens with zero attached hydrogens (tertiary/aromatic N) is 3. The fourth-order valence-electron chi connectivity index (χ4n) is 1.85. The van der Waals surface area contributed by atoms with E-state index in [9.17, 15) is 9.18 Å². The molecular weight excluding hydrogens is 261 g/mol. The van der Waals surface area contributed by atoms with Crippen LogP contribution in [-0.4, -0.2) is 39.3 Å². The molecule has 0 fully saturated rings. The molecule has 5 nitrogen and oxygen atoms in total. The van der Waals surface area contributed by atoms with Crippen molar-refractivity contribution in [3.8, 4) is 5.69 Å². The summed E-state index contributed by atoms with van der Waals surface area (Å²) >= 11 is 0. The first-order valence-corrected chi connectivity index (χ1v) is 6.25. The van der Waals surface area contributed by atoms with E-state index < -0.39 is 5.97 Å². The van der Waals surface area contributed by atoms with E-state index >= 15 is 0 Å². The molecule has 0 radical (unpaired) electrons. The highest BCUT2D eigenvalue weighted by Crippen LogP contribution is 2.10. The first-order chi connectivity index (χ1) is 9.54. The van der Waals surface area contributed by atoms with Gasteiger partial charge in [0.1, 0.15) is 5.82 Å². The minimum Gasteiger partial charge on any atom is -0.481 e. The van der Waals surface area contributed by atoms with Crippen LogP contribution in [0.2, 0.25) is 0 Å². The number of carboxylic acid groups (broad SMARTS) is 1. The van der Waals surface area contributed by atoms with Gasteiger partial charge < -0.3 is 5.11 Å². The zero-order chi connectivity index (χ0) is 14.5. The van der Waals surface area contributed by atoms with Crippen molar-refractivity contribution in [1.82, 2.24) is 14.7 Å². The van der Waals surface area contributed by atoms with Crippen molar-refractivity contribution >= 4 is 5.97 Å². The molecular formula is C14H16FN3O2. The Balaban J connectivity index is 2.00. The van der Waals surface area contributed by atoms with Crippen LogP contribution < -0.4 is 0 Å². The van der Waals surface area contributed by atoms with Gasteiger partial charge in [0.15, 0.2) is 0 Å². The Morgan fingerprint density at radius 2 is 2.25 bits per heavy atom.